The normalized spacial score (nSPS) is 20.4. The lowest BCUT2D eigenvalue weighted by atomic mass is 10.1. The standard InChI is InChI=1S/C14H19BrN2O2/c1-10-9-16(2)6-7-17(10)14(18)12-5-4-11(19-3)8-13(12)15/h4-5,8,10H,6-7,9H2,1-3H3. The molecule has 1 unspecified atom stereocenters. The first-order valence-corrected chi connectivity index (χ1v) is 7.15. The first-order chi connectivity index (χ1) is 9.02. The van der Waals surface area contributed by atoms with Crippen molar-refractivity contribution in [2.45, 2.75) is 13.0 Å². The molecular weight excluding hydrogens is 308 g/mol. The SMILES string of the molecule is COc1ccc(C(=O)N2CCN(C)CC2C)c(Br)c1. The lowest BCUT2D eigenvalue weighted by Crippen LogP contribution is -2.52. The van der Waals surface area contributed by atoms with E-state index in [9.17, 15) is 4.79 Å². The Morgan fingerprint density at radius 2 is 2.16 bits per heavy atom. The first kappa shape index (κ1) is 14.3. The fraction of sp³-hybridized carbons (Fsp3) is 0.500. The van der Waals surface area contributed by atoms with Gasteiger partial charge in [0.1, 0.15) is 5.75 Å². The molecule has 19 heavy (non-hydrogen) atoms. The summed E-state index contributed by atoms with van der Waals surface area (Å²) in [4.78, 5) is 16.8. The molecule has 1 saturated heterocycles. The van der Waals surface area contributed by atoms with Gasteiger partial charge in [0.2, 0.25) is 0 Å². The Kier molecular flexibility index (Phi) is 4.47. The maximum absolute atomic E-state index is 12.6. The van der Waals surface area contributed by atoms with Gasteiger partial charge in [-0.3, -0.25) is 4.79 Å². The molecule has 5 heteroatoms. The molecule has 2 rings (SSSR count). The lowest BCUT2D eigenvalue weighted by molar-refractivity contribution is 0.0532. The number of methoxy groups -OCH3 is 1. The van der Waals surface area contributed by atoms with Gasteiger partial charge in [-0.15, -0.1) is 0 Å². The van der Waals surface area contributed by atoms with E-state index in [0.29, 0.717) is 5.56 Å². The van der Waals surface area contributed by atoms with E-state index < -0.39 is 0 Å². The molecule has 0 saturated carbocycles. The maximum atomic E-state index is 12.6. The van der Waals surface area contributed by atoms with Crippen LogP contribution in [0.5, 0.6) is 5.75 Å². The highest BCUT2D eigenvalue weighted by atomic mass is 79.9. The Hall–Kier alpha value is -1.07. The van der Waals surface area contributed by atoms with E-state index in [2.05, 4.69) is 34.8 Å². The van der Waals surface area contributed by atoms with Gasteiger partial charge in [-0.2, -0.15) is 0 Å². The van der Waals surface area contributed by atoms with Crippen molar-refractivity contribution in [1.29, 1.82) is 0 Å². The number of carbonyl (C=O) groups is 1. The molecule has 4 nitrogen and oxygen atoms in total. The van der Waals surface area contributed by atoms with Crippen molar-refractivity contribution in [1.82, 2.24) is 9.80 Å². The zero-order chi connectivity index (χ0) is 14.0. The number of piperazine rings is 1. The number of hydrogen-bond donors (Lipinski definition) is 0. The summed E-state index contributed by atoms with van der Waals surface area (Å²) in [6.07, 6.45) is 0. The number of carbonyl (C=O) groups excluding carboxylic acids is 1. The minimum atomic E-state index is 0.0788. The minimum absolute atomic E-state index is 0.0788. The van der Waals surface area contributed by atoms with Crippen LogP contribution in [0, 0.1) is 0 Å². The molecule has 1 amide bonds. The number of benzene rings is 1. The van der Waals surface area contributed by atoms with E-state index in [1.165, 1.54) is 0 Å². The summed E-state index contributed by atoms with van der Waals surface area (Å²) < 4.78 is 5.93. The quantitative estimate of drug-likeness (QED) is 0.835. The molecule has 1 aliphatic heterocycles. The third-order valence-electron chi connectivity index (χ3n) is 3.50. The molecule has 0 radical (unpaired) electrons. The molecule has 0 aromatic heterocycles. The van der Waals surface area contributed by atoms with Gasteiger partial charge in [0, 0.05) is 30.1 Å². The second-order valence-electron chi connectivity index (χ2n) is 4.96. The molecule has 1 heterocycles. The molecule has 1 aliphatic rings. The molecule has 1 aromatic rings. The van der Waals surface area contributed by atoms with E-state index in [1.54, 1.807) is 7.11 Å². The van der Waals surface area contributed by atoms with Crippen molar-refractivity contribution in [3.63, 3.8) is 0 Å². The number of nitrogens with zero attached hydrogens (tertiary/aromatic N) is 2. The smallest absolute Gasteiger partial charge is 0.255 e. The number of likely N-dealkylation sites (N-methyl/N-ethyl adjacent to an activating group) is 1. The summed E-state index contributed by atoms with van der Waals surface area (Å²) in [6.45, 7) is 4.70. The molecule has 0 bridgehead atoms. The summed E-state index contributed by atoms with van der Waals surface area (Å²) in [5, 5.41) is 0. The Morgan fingerprint density at radius 1 is 1.42 bits per heavy atom. The van der Waals surface area contributed by atoms with Crippen molar-refractivity contribution < 1.29 is 9.53 Å². The molecule has 104 valence electrons. The molecule has 1 atom stereocenters. The molecule has 0 spiro atoms. The van der Waals surface area contributed by atoms with E-state index in [4.69, 9.17) is 4.74 Å². The van der Waals surface area contributed by atoms with Crippen LogP contribution in [0.15, 0.2) is 22.7 Å². The van der Waals surface area contributed by atoms with Crippen LogP contribution in [-0.2, 0) is 0 Å². The van der Waals surface area contributed by atoms with Crippen molar-refractivity contribution >= 4 is 21.8 Å². The summed E-state index contributed by atoms with van der Waals surface area (Å²) >= 11 is 3.45. The predicted octanol–water partition coefficient (Wildman–Crippen LogP) is 2.23. The van der Waals surface area contributed by atoms with E-state index in [0.717, 1.165) is 29.9 Å². The zero-order valence-corrected chi connectivity index (χ0v) is 13.1. The first-order valence-electron chi connectivity index (χ1n) is 6.36. The third-order valence-corrected chi connectivity index (χ3v) is 4.15. The summed E-state index contributed by atoms with van der Waals surface area (Å²) in [5.41, 5.74) is 0.692. The number of rotatable bonds is 2. The minimum Gasteiger partial charge on any atom is -0.497 e. The maximum Gasteiger partial charge on any atom is 0.255 e. The average Bonchev–Trinajstić information content (AvgIpc) is 2.37. The van der Waals surface area contributed by atoms with Crippen molar-refractivity contribution in [3.8, 4) is 5.75 Å². The van der Waals surface area contributed by atoms with Gasteiger partial charge in [0.15, 0.2) is 0 Å². The van der Waals surface area contributed by atoms with Gasteiger partial charge < -0.3 is 14.5 Å². The van der Waals surface area contributed by atoms with Gasteiger partial charge in [0.25, 0.3) is 5.91 Å². The van der Waals surface area contributed by atoms with Gasteiger partial charge in [-0.1, -0.05) is 0 Å². The van der Waals surface area contributed by atoms with Crippen molar-refractivity contribution in [2.75, 3.05) is 33.8 Å². The fourth-order valence-electron chi connectivity index (χ4n) is 2.39. The van der Waals surface area contributed by atoms with Crippen molar-refractivity contribution in [2.24, 2.45) is 0 Å². The largest absolute Gasteiger partial charge is 0.497 e. The molecule has 0 N–H and O–H groups in total. The molecule has 1 fully saturated rings. The van der Waals surface area contributed by atoms with Gasteiger partial charge >= 0.3 is 0 Å². The molecule has 0 aliphatic carbocycles. The van der Waals surface area contributed by atoms with Gasteiger partial charge in [0.05, 0.1) is 12.7 Å². The highest BCUT2D eigenvalue weighted by Gasteiger charge is 2.27. The Balaban J connectivity index is 2.19. The van der Waals surface area contributed by atoms with Crippen LogP contribution in [0.1, 0.15) is 17.3 Å². The fourth-order valence-corrected chi connectivity index (χ4v) is 2.92. The lowest BCUT2D eigenvalue weighted by Gasteiger charge is -2.38. The predicted molar refractivity (Wildman–Crippen MR) is 78.7 cm³/mol. The van der Waals surface area contributed by atoms with Gasteiger partial charge in [-0.05, 0) is 48.1 Å². The second kappa shape index (κ2) is 5.92. The van der Waals surface area contributed by atoms with Gasteiger partial charge in [-0.25, -0.2) is 0 Å². The Morgan fingerprint density at radius 3 is 2.74 bits per heavy atom. The summed E-state index contributed by atoms with van der Waals surface area (Å²) in [7, 11) is 3.70. The second-order valence-corrected chi connectivity index (χ2v) is 5.81. The van der Waals surface area contributed by atoms with Crippen LogP contribution in [0.3, 0.4) is 0 Å². The third kappa shape index (κ3) is 3.09. The van der Waals surface area contributed by atoms with Crippen LogP contribution in [0.4, 0.5) is 0 Å². The number of ether oxygens (including phenoxy) is 1. The Labute approximate surface area is 122 Å². The summed E-state index contributed by atoms with van der Waals surface area (Å²) in [6, 6.07) is 5.70. The van der Waals surface area contributed by atoms with Crippen LogP contribution in [-0.4, -0.2) is 55.5 Å². The number of amides is 1. The van der Waals surface area contributed by atoms with Crippen LogP contribution >= 0.6 is 15.9 Å². The van der Waals surface area contributed by atoms with Crippen LogP contribution < -0.4 is 4.74 Å². The number of halogens is 1. The average molecular weight is 327 g/mol. The topological polar surface area (TPSA) is 32.8 Å². The summed E-state index contributed by atoms with van der Waals surface area (Å²) in [5.74, 6) is 0.824. The highest BCUT2D eigenvalue weighted by Crippen LogP contribution is 2.25. The van der Waals surface area contributed by atoms with Crippen LogP contribution in [0.2, 0.25) is 0 Å². The zero-order valence-electron chi connectivity index (χ0n) is 11.5. The molecule has 1 aromatic carbocycles. The van der Waals surface area contributed by atoms with Crippen LogP contribution in [0.25, 0.3) is 0 Å². The van der Waals surface area contributed by atoms with E-state index >= 15 is 0 Å². The number of hydrogen-bond acceptors (Lipinski definition) is 3. The molecular formula is C14H19BrN2O2. The Bertz CT molecular complexity index is 479. The van der Waals surface area contributed by atoms with E-state index in [1.807, 2.05) is 23.1 Å². The highest BCUT2D eigenvalue weighted by molar-refractivity contribution is 9.10. The van der Waals surface area contributed by atoms with Crippen molar-refractivity contribution in [3.05, 3.63) is 28.2 Å². The monoisotopic (exact) mass is 326 g/mol. The van der Waals surface area contributed by atoms with E-state index in [-0.39, 0.29) is 11.9 Å².